The van der Waals surface area contributed by atoms with Crippen molar-refractivity contribution in [1.82, 2.24) is 10.6 Å². The molecule has 2 rings (SSSR count). The van der Waals surface area contributed by atoms with Crippen LogP contribution in [0.15, 0.2) is 42.5 Å². The maximum absolute atomic E-state index is 13.2. The van der Waals surface area contributed by atoms with Crippen molar-refractivity contribution >= 4 is 6.03 Å². The lowest BCUT2D eigenvalue weighted by atomic mass is 10.0. The summed E-state index contributed by atoms with van der Waals surface area (Å²) in [7, 11) is 0. The van der Waals surface area contributed by atoms with Gasteiger partial charge in [0.25, 0.3) is 0 Å². The summed E-state index contributed by atoms with van der Waals surface area (Å²) < 4.78 is 39.1. The third-order valence-electron chi connectivity index (χ3n) is 3.46. The Hall–Kier alpha value is -2.54. The minimum atomic E-state index is -1.21. The Kier molecular flexibility index (Phi) is 5.81. The van der Waals surface area contributed by atoms with Gasteiger partial charge in [-0.2, -0.15) is 0 Å². The van der Waals surface area contributed by atoms with Gasteiger partial charge in [-0.1, -0.05) is 18.2 Å². The van der Waals surface area contributed by atoms with E-state index in [1.807, 2.05) is 0 Å². The highest BCUT2D eigenvalue weighted by Crippen LogP contribution is 2.19. The second-order valence-electron chi connectivity index (χ2n) is 5.36. The zero-order valence-electron chi connectivity index (χ0n) is 12.9. The van der Waals surface area contributed by atoms with Crippen molar-refractivity contribution in [2.45, 2.75) is 25.6 Å². The number of hydrogen-bond donors (Lipinski definition) is 3. The molecule has 0 aliphatic carbocycles. The monoisotopic (exact) mass is 338 g/mol. The van der Waals surface area contributed by atoms with Crippen LogP contribution >= 0.6 is 0 Å². The Labute approximate surface area is 137 Å². The molecule has 2 atom stereocenters. The van der Waals surface area contributed by atoms with Crippen LogP contribution in [0.3, 0.4) is 0 Å². The number of aliphatic hydroxyl groups excluding tert-OH is 1. The summed E-state index contributed by atoms with van der Waals surface area (Å²) in [4.78, 5) is 11.8. The van der Waals surface area contributed by atoms with Crippen molar-refractivity contribution in [1.29, 1.82) is 0 Å². The molecule has 2 aromatic carbocycles. The van der Waals surface area contributed by atoms with Gasteiger partial charge in [0.1, 0.15) is 5.82 Å². The average Bonchev–Trinajstić information content (AvgIpc) is 2.55. The molecule has 0 fully saturated rings. The van der Waals surface area contributed by atoms with Crippen LogP contribution in [0.5, 0.6) is 0 Å². The van der Waals surface area contributed by atoms with E-state index < -0.39 is 35.6 Å². The molecule has 0 saturated carbocycles. The van der Waals surface area contributed by atoms with Crippen molar-refractivity contribution < 1.29 is 23.1 Å². The maximum atomic E-state index is 13.2. The number of rotatable bonds is 5. The Bertz CT molecular complexity index is 725. The molecule has 0 aliphatic rings. The number of carbonyl (C=O) groups is 1. The smallest absolute Gasteiger partial charge is 0.315 e. The summed E-state index contributed by atoms with van der Waals surface area (Å²) in [5.74, 6) is -2.49. The van der Waals surface area contributed by atoms with Crippen LogP contribution in [-0.4, -0.2) is 17.2 Å². The minimum absolute atomic E-state index is 0.109. The number of carbonyl (C=O) groups excluding carboxylic acids is 1. The van der Waals surface area contributed by atoms with Crippen LogP contribution in [0.1, 0.15) is 24.2 Å². The molecule has 0 bridgehead atoms. The second kappa shape index (κ2) is 7.83. The van der Waals surface area contributed by atoms with E-state index >= 15 is 0 Å². The summed E-state index contributed by atoms with van der Waals surface area (Å²) >= 11 is 0. The van der Waals surface area contributed by atoms with E-state index in [9.17, 15) is 23.1 Å². The molecule has 0 aromatic heterocycles. The Morgan fingerprint density at radius 1 is 1.12 bits per heavy atom. The lowest BCUT2D eigenvalue weighted by molar-refractivity contribution is 0.137. The van der Waals surface area contributed by atoms with Crippen LogP contribution in [0.4, 0.5) is 18.0 Å². The van der Waals surface area contributed by atoms with Crippen molar-refractivity contribution in [2.75, 3.05) is 0 Å². The molecule has 0 radical (unpaired) electrons. The van der Waals surface area contributed by atoms with Gasteiger partial charge in [0.05, 0.1) is 12.1 Å². The molecule has 0 heterocycles. The van der Waals surface area contributed by atoms with Crippen molar-refractivity contribution in [3.05, 3.63) is 71.0 Å². The van der Waals surface area contributed by atoms with E-state index in [-0.39, 0.29) is 12.1 Å². The second-order valence-corrected chi connectivity index (χ2v) is 5.36. The maximum Gasteiger partial charge on any atom is 0.315 e. The SMILES string of the molecule is CC(NC(=O)NCc1cccc(F)c1)C(O)c1ccc(F)c(F)c1. The Morgan fingerprint density at radius 3 is 2.54 bits per heavy atom. The van der Waals surface area contributed by atoms with E-state index in [0.29, 0.717) is 5.56 Å². The van der Waals surface area contributed by atoms with E-state index in [2.05, 4.69) is 10.6 Å². The number of nitrogens with one attached hydrogen (secondary N) is 2. The molecule has 4 nitrogen and oxygen atoms in total. The quantitative estimate of drug-likeness (QED) is 0.785. The number of urea groups is 1. The highest BCUT2D eigenvalue weighted by Gasteiger charge is 2.19. The zero-order valence-corrected chi connectivity index (χ0v) is 12.9. The molecule has 7 heteroatoms. The molecule has 2 amide bonds. The molecule has 2 aromatic rings. The minimum Gasteiger partial charge on any atom is -0.386 e. The van der Waals surface area contributed by atoms with Gasteiger partial charge in [0, 0.05) is 6.54 Å². The standard InChI is InChI=1S/C17H17F3N2O2/c1-10(16(23)12-5-6-14(19)15(20)8-12)22-17(24)21-9-11-3-2-4-13(18)7-11/h2-8,10,16,23H,9H2,1H3,(H2,21,22,24). The summed E-state index contributed by atoms with van der Waals surface area (Å²) in [6.07, 6.45) is -1.21. The predicted octanol–water partition coefficient (Wildman–Crippen LogP) is 3.03. The van der Waals surface area contributed by atoms with Crippen LogP contribution in [0.2, 0.25) is 0 Å². The Morgan fingerprint density at radius 2 is 1.88 bits per heavy atom. The molecule has 2 unspecified atom stereocenters. The van der Waals surface area contributed by atoms with Gasteiger partial charge in [0.15, 0.2) is 11.6 Å². The molecule has 0 aliphatic heterocycles. The highest BCUT2D eigenvalue weighted by molar-refractivity contribution is 5.74. The molecule has 0 spiro atoms. The summed E-state index contributed by atoms with van der Waals surface area (Å²) in [5, 5.41) is 15.1. The average molecular weight is 338 g/mol. The molecule has 128 valence electrons. The first-order valence-electron chi connectivity index (χ1n) is 7.28. The molecule has 3 N–H and O–H groups in total. The van der Waals surface area contributed by atoms with E-state index in [1.54, 1.807) is 6.07 Å². The van der Waals surface area contributed by atoms with E-state index in [1.165, 1.54) is 31.2 Å². The zero-order chi connectivity index (χ0) is 17.7. The largest absolute Gasteiger partial charge is 0.386 e. The van der Waals surface area contributed by atoms with Crippen molar-refractivity contribution in [2.24, 2.45) is 0 Å². The van der Waals surface area contributed by atoms with Crippen LogP contribution in [-0.2, 0) is 6.54 Å². The van der Waals surface area contributed by atoms with Crippen LogP contribution < -0.4 is 10.6 Å². The Balaban J connectivity index is 1.89. The fraction of sp³-hybridized carbons (Fsp3) is 0.235. The van der Waals surface area contributed by atoms with Gasteiger partial charge in [-0.15, -0.1) is 0 Å². The third kappa shape index (κ3) is 4.73. The third-order valence-corrected chi connectivity index (χ3v) is 3.46. The lowest BCUT2D eigenvalue weighted by Crippen LogP contribution is -2.43. The molecular formula is C17H17F3N2O2. The first kappa shape index (κ1) is 17.8. The van der Waals surface area contributed by atoms with Crippen molar-refractivity contribution in [3.63, 3.8) is 0 Å². The predicted molar refractivity (Wildman–Crippen MR) is 82.6 cm³/mol. The van der Waals surface area contributed by atoms with Gasteiger partial charge in [0.2, 0.25) is 0 Å². The van der Waals surface area contributed by atoms with Gasteiger partial charge in [-0.05, 0) is 42.3 Å². The summed E-state index contributed by atoms with van der Waals surface area (Å²) in [5.41, 5.74) is 0.728. The first-order valence-corrected chi connectivity index (χ1v) is 7.28. The number of amides is 2. The van der Waals surface area contributed by atoms with Gasteiger partial charge in [-0.25, -0.2) is 18.0 Å². The summed E-state index contributed by atoms with van der Waals surface area (Å²) in [6.45, 7) is 1.63. The number of aliphatic hydroxyl groups is 1. The van der Waals surface area contributed by atoms with Crippen LogP contribution in [0, 0.1) is 17.5 Å². The fourth-order valence-corrected chi connectivity index (χ4v) is 2.15. The van der Waals surface area contributed by atoms with Gasteiger partial charge < -0.3 is 15.7 Å². The number of halogens is 3. The fourth-order valence-electron chi connectivity index (χ4n) is 2.15. The normalized spacial score (nSPS) is 13.2. The van der Waals surface area contributed by atoms with Crippen molar-refractivity contribution in [3.8, 4) is 0 Å². The van der Waals surface area contributed by atoms with Gasteiger partial charge >= 0.3 is 6.03 Å². The van der Waals surface area contributed by atoms with Crippen LogP contribution in [0.25, 0.3) is 0 Å². The highest BCUT2D eigenvalue weighted by atomic mass is 19.2. The van der Waals surface area contributed by atoms with E-state index in [0.717, 1.165) is 12.1 Å². The van der Waals surface area contributed by atoms with Gasteiger partial charge in [-0.3, -0.25) is 0 Å². The molecule has 0 saturated heterocycles. The first-order chi connectivity index (χ1) is 11.4. The number of hydrogen-bond acceptors (Lipinski definition) is 2. The molecule has 24 heavy (non-hydrogen) atoms. The topological polar surface area (TPSA) is 61.4 Å². The van der Waals surface area contributed by atoms with E-state index in [4.69, 9.17) is 0 Å². The molecular weight excluding hydrogens is 321 g/mol. The lowest BCUT2D eigenvalue weighted by Gasteiger charge is -2.21. The summed E-state index contributed by atoms with van der Waals surface area (Å²) in [6, 6.07) is 7.47. The number of benzene rings is 2.